The van der Waals surface area contributed by atoms with Gasteiger partial charge < -0.3 is 0 Å². The van der Waals surface area contributed by atoms with Crippen LogP contribution >= 0.6 is 0 Å². The minimum atomic E-state index is 0.543. The van der Waals surface area contributed by atoms with Crippen LogP contribution in [0, 0.1) is 0 Å². The molecular weight excluding hydrogens is 182 g/mol. The van der Waals surface area contributed by atoms with Crippen molar-refractivity contribution in [1.29, 1.82) is 0 Å². The molecule has 1 aromatic heterocycles. The molecule has 0 saturated carbocycles. The fourth-order valence-corrected chi connectivity index (χ4v) is 1.02. The van der Waals surface area contributed by atoms with Gasteiger partial charge in [-0.1, -0.05) is 54.5 Å². The molecule has 1 rings (SSSR count). The van der Waals surface area contributed by atoms with E-state index in [1.807, 2.05) is 27.7 Å². The summed E-state index contributed by atoms with van der Waals surface area (Å²) >= 11 is 0. The van der Waals surface area contributed by atoms with Crippen LogP contribution in [0.25, 0.3) is 0 Å². The summed E-state index contributed by atoms with van der Waals surface area (Å²) in [6, 6.07) is 6.25. The zero-order chi connectivity index (χ0) is 12.3. The maximum atomic E-state index is 4.49. The lowest BCUT2D eigenvalue weighted by Gasteiger charge is -2.04. The molecule has 0 saturated heterocycles. The van der Waals surface area contributed by atoms with Crippen molar-refractivity contribution < 1.29 is 0 Å². The Morgan fingerprint density at radius 3 is 2.00 bits per heavy atom. The Morgan fingerprint density at radius 1 is 1.07 bits per heavy atom. The van der Waals surface area contributed by atoms with Crippen molar-refractivity contribution in [1.82, 2.24) is 4.98 Å². The highest BCUT2D eigenvalue weighted by Gasteiger charge is 1.99. The van der Waals surface area contributed by atoms with Crippen LogP contribution in [0.2, 0.25) is 0 Å². The standard InChI is InChI=1S/C10H15N.2C2H6/c1-4-9-6-5-7-10(11-9)8(2)3;2*1-2/h5-8H,4H2,1-3H3;2*1-2H3. The molecule has 0 radical (unpaired) electrons. The van der Waals surface area contributed by atoms with Gasteiger partial charge in [-0.05, 0) is 24.5 Å². The van der Waals surface area contributed by atoms with Gasteiger partial charge in [0.25, 0.3) is 0 Å². The summed E-state index contributed by atoms with van der Waals surface area (Å²) in [5.41, 5.74) is 2.39. The van der Waals surface area contributed by atoms with Crippen molar-refractivity contribution in [2.45, 2.75) is 60.8 Å². The average molecular weight is 209 g/mol. The molecule has 15 heavy (non-hydrogen) atoms. The molecule has 1 aromatic rings. The third-order valence-corrected chi connectivity index (χ3v) is 1.78. The van der Waals surface area contributed by atoms with Crippen molar-refractivity contribution in [3.8, 4) is 0 Å². The van der Waals surface area contributed by atoms with Crippen molar-refractivity contribution in [3.05, 3.63) is 29.6 Å². The van der Waals surface area contributed by atoms with Gasteiger partial charge in [0.15, 0.2) is 0 Å². The van der Waals surface area contributed by atoms with Gasteiger partial charge in [-0.3, -0.25) is 4.98 Å². The molecule has 0 fully saturated rings. The second-order valence-corrected chi connectivity index (χ2v) is 3.06. The van der Waals surface area contributed by atoms with Crippen LogP contribution in [0.4, 0.5) is 0 Å². The first-order chi connectivity index (χ1) is 7.24. The Balaban J connectivity index is 0. The van der Waals surface area contributed by atoms with Crippen molar-refractivity contribution >= 4 is 0 Å². The van der Waals surface area contributed by atoms with Crippen LogP contribution in [0.15, 0.2) is 18.2 Å². The molecule has 1 heteroatoms. The predicted octanol–water partition coefficient (Wildman–Crippen LogP) is 4.82. The van der Waals surface area contributed by atoms with Crippen LogP contribution in [0.5, 0.6) is 0 Å². The molecule has 0 aliphatic rings. The van der Waals surface area contributed by atoms with E-state index in [9.17, 15) is 0 Å². The summed E-state index contributed by atoms with van der Waals surface area (Å²) in [5, 5.41) is 0. The lowest BCUT2D eigenvalue weighted by molar-refractivity contribution is 0.807. The number of hydrogen-bond acceptors (Lipinski definition) is 1. The number of rotatable bonds is 2. The van der Waals surface area contributed by atoms with Gasteiger partial charge in [-0.15, -0.1) is 0 Å². The monoisotopic (exact) mass is 209 g/mol. The third-order valence-electron chi connectivity index (χ3n) is 1.78. The number of pyridine rings is 1. The molecule has 0 aromatic carbocycles. The lowest BCUT2D eigenvalue weighted by atomic mass is 10.1. The molecule has 0 amide bonds. The maximum Gasteiger partial charge on any atom is 0.0432 e. The Bertz CT molecular complexity index is 229. The smallest absolute Gasteiger partial charge is 0.0432 e. The highest BCUT2D eigenvalue weighted by molar-refractivity contribution is 5.13. The topological polar surface area (TPSA) is 12.9 Å². The fraction of sp³-hybridized carbons (Fsp3) is 0.643. The second kappa shape index (κ2) is 11.2. The van der Waals surface area contributed by atoms with E-state index in [0.717, 1.165) is 6.42 Å². The summed E-state index contributed by atoms with van der Waals surface area (Å²) in [6.45, 7) is 14.5. The molecule has 0 aliphatic carbocycles. The van der Waals surface area contributed by atoms with Gasteiger partial charge in [-0.2, -0.15) is 0 Å². The first-order valence-corrected chi connectivity index (χ1v) is 6.20. The quantitative estimate of drug-likeness (QED) is 0.680. The molecule has 0 bridgehead atoms. The molecule has 0 atom stereocenters. The van der Waals surface area contributed by atoms with Crippen LogP contribution in [-0.2, 0) is 6.42 Å². The average Bonchev–Trinajstić information content (AvgIpc) is 2.34. The predicted molar refractivity (Wildman–Crippen MR) is 70.4 cm³/mol. The van der Waals surface area contributed by atoms with Gasteiger partial charge in [-0.25, -0.2) is 0 Å². The van der Waals surface area contributed by atoms with Crippen LogP contribution in [0.1, 0.15) is 65.8 Å². The van der Waals surface area contributed by atoms with Crippen LogP contribution in [0.3, 0.4) is 0 Å². The van der Waals surface area contributed by atoms with Crippen LogP contribution < -0.4 is 0 Å². The largest absolute Gasteiger partial charge is 0.258 e. The normalized spacial score (nSPS) is 8.53. The van der Waals surface area contributed by atoms with E-state index >= 15 is 0 Å². The number of nitrogens with zero attached hydrogens (tertiary/aromatic N) is 1. The van der Waals surface area contributed by atoms with Gasteiger partial charge in [0.1, 0.15) is 0 Å². The summed E-state index contributed by atoms with van der Waals surface area (Å²) in [5.74, 6) is 0.543. The lowest BCUT2D eigenvalue weighted by Crippen LogP contribution is -1.95. The first-order valence-electron chi connectivity index (χ1n) is 6.20. The van der Waals surface area contributed by atoms with E-state index < -0.39 is 0 Å². The first kappa shape index (κ1) is 16.6. The highest BCUT2D eigenvalue weighted by atomic mass is 14.7. The van der Waals surface area contributed by atoms with Gasteiger partial charge in [0.05, 0.1) is 0 Å². The van der Waals surface area contributed by atoms with E-state index in [-0.39, 0.29) is 0 Å². The minimum absolute atomic E-state index is 0.543. The molecule has 0 aliphatic heterocycles. The molecule has 1 heterocycles. The van der Waals surface area contributed by atoms with E-state index in [1.165, 1.54) is 11.4 Å². The summed E-state index contributed by atoms with van der Waals surface area (Å²) in [7, 11) is 0. The SMILES string of the molecule is CC.CC.CCc1cccc(C(C)C)n1. The second-order valence-electron chi connectivity index (χ2n) is 3.06. The number of aromatic nitrogens is 1. The zero-order valence-corrected chi connectivity index (χ0v) is 11.5. The van der Waals surface area contributed by atoms with E-state index in [1.54, 1.807) is 0 Å². The third kappa shape index (κ3) is 7.12. The Hall–Kier alpha value is -0.850. The number of hydrogen-bond donors (Lipinski definition) is 0. The summed E-state index contributed by atoms with van der Waals surface area (Å²) in [6.07, 6.45) is 1.03. The molecule has 0 unspecified atom stereocenters. The van der Waals surface area contributed by atoms with Gasteiger partial charge in [0.2, 0.25) is 0 Å². The minimum Gasteiger partial charge on any atom is -0.258 e. The highest BCUT2D eigenvalue weighted by Crippen LogP contribution is 2.11. The Labute approximate surface area is 95.9 Å². The van der Waals surface area contributed by atoms with Crippen molar-refractivity contribution in [3.63, 3.8) is 0 Å². The fourth-order valence-electron chi connectivity index (χ4n) is 1.02. The van der Waals surface area contributed by atoms with E-state index in [4.69, 9.17) is 0 Å². The zero-order valence-electron chi connectivity index (χ0n) is 11.5. The Kier molecular flexibility index (Phi) is 12.4. The molecule has 0 N–H and O–H groups in total. The Morgan fingerprint density at radius 2 is 1.60 bits per heavy atom. The van der Waals surface area contributed by atoms with Crippen molar-refractivity contribution in [2.75, 3.05) is 0 Å². The van der Waals surface area contributed by atoms with Crippen molar-refractivity contribution in [2.24, 2.45) is 0 Å². The van der Waals surface area contributed by atoms with E-state index in [0.29, 0.717) is 5.92 Å². The molecule has 88 valence electrons. The maximum absolute atomic E-state index is 4.49. The summed E-state index contributed by atoms with van der Waals surface area (Å²) < 4.78 is 0. The molecular formula is C14H27N. The molecule has 1 nitrogen and oxygen atoms in total. The van der Waals surface area contributed by atoms with Gasteiger partial charge >= 0.3 is 0 Å². The summed E-state index contributed by atoms with van der Waals surface area (Å²) in [4.78, 5) is 4.49. The van der Waals surface area contributed by atoms with Crippen LogP contribution in [-0.4, -0.2) is 4.98 Å². The van der Waals surface area contributed by atoms with Gasteiger partial charge in [0, 0.05) is 11.4 Å². The molecule has 0 spiro atoms. The number of aryl methyl sites for hydroxylation is 1. The van der Waals surface area contributed by atoms with E-state index in [2.05, 4.69) is 44.0 Å².